The zero-order chi connectivity index (χ0) is 8.77. The summed E-state index contributed by atoms with van der Waals surface area (Å²) >= 11 is 0. The number of carbonyl (C=O) groups is 1. The van der Waals surface area contributed by atoms with E-state index in [1.54, 1.807) is 0 Å². The smallest absolute Gasteiger partial charge is 0.318 e. The van der Waals surface area contributed by atoms with Crippen LogP contribution in [0.4, 0.5) is 0 Å². The van der Waals surface area contributed by atoms with Crippen LogP contribution < -0.4 is 0 Å². The standard InChI is InChI=1S/C9H12O3/c1-9(8(10)11-2)5-3-4-6-7(9)12-6/h3,5-7H,4H2,1-2H3. The Morgan fingerprint density at radius 3 is 3.17 bits per heavy atom. The zero-order valence-corrected chi connectivity index (χ0v) is 7.24. The number of hydrogen-bond donors (Lipinski definition) is 0. The molecule has 1 aliphatic carbocycles. The van der Waals surface area contributed by atoms with Crippen LogP contribution in [0.25, 0.3) is 0 Å². The van der Waals surface area contributed by atoms with Gasteiger partial charge in [0, 0.05) is 0 Å². The van der Waals surface area contributed by atoms with E-state index in [2.05, 4.69) is 0 Å². The van der Waals surface area contributed by atoms with E-state index >= 15 is 0 Å². The number of fused-ring (bicyclic) bond motifs is 1. The second kappa shape index (κ2) is 2.33. The van der Waals surface area contributed by atoms with Crippen molar-refractivity contribution in [3.63, 3.8) is 0 Å². The molecule has 0 bridgehead atoms. The van der Waals surface area contributed by atoms with E-state index in [1.807, 2.05) is 19.1 Å². The molecule has 1 saturated heterocycles. The SMILES string of the molecule is COC(=O)C1(C)C=CCC2OC21. The number of esters is 1. The second-order valence-corrected chi connectivity index (χ2v) is 3.51. The largest absolute Gasteiger partial charge is 0.468 e. The summed E-state index contributed by atoms with van der Waals surface area (Å²) in [4.78, 5) is 11.4. The van der Waals surface area contributed by atoms with E-state index in [9.17, 15) is 4.79 Å². The molecule has 1 heterocycles. The fourth-order valence-electron chi connectivity index (χ4n) is 1.80. The molecule has 2 aliphatic rings. The molecule has 66 valence electrons. The van der Waals surface area contributed by atoms with Crippen molar-refractivity contribution >= 4 is 5.97 Å². The Morgan fingerprint density at radius 2 is 2.50 bits per heavy atom. The van der Waals surface area contributed by atoms with Crippen molar-refractivity contribution in [2.75, 3.05) is 7.11 Å². The van der Waals surface area contributed by atoms with E-state index in [0.29, 0.717) is 0 Å². The molecule has 0 spiro atoms. The monoisotopic (exact) mass is 168 g/mol. The number of rotatable bonds is 1. The summed E-state index contributed by atoms with van der Waals surface area (Å²) in [6.07, 6.45) is 5.11. The van der Waals surface area contributed by atoms with Crippen LogP contribution in [0.5, 0.6) is 0 Å². The lowest BCUT2D eigenvalue weighted by Gasteiger charge is -2.22. The fraction of sp³-hybridized carbons (Fsp3) is 0.667. The second-order valence-electron chi connectivity index (χ2n) is 3.51. The van der Waals surface area contributed by atoms with Gasteiger partial charge in [-0.1, -0.05) is 12.2 Å². The number of methoxy groups -OCH3 is 1. The molecular formula is C9H12O3. The summed E-state index contributed by atoms with van der Waals surface area (Å²) < 4.78 is 10.1. The first-order chi connectivity index (χ1) is 5.68. The summed E-state index contributed by atoms with van der Waals surface area (Å²) in [5, 5.41) is 0. The average Bonchev–Trinajstić information content (AvgIpc) is 2.83. The molecule has 1 aliphatic heterocycles. The molecule has 3 heteroatoms. The third-order valence-corrected chi connectivity index (χ3v) is 2.63. The van der Waals surface area contributed by atoms with Crippen molar-refractivity contribution in [1.29, 1.82) is 0 Å². The minimum absolute atomic E-state index is 0.0509. The molecule has 3 unspecified atom stereocenters. The fourth-order valence-corrected chi connectivity index (χ4v) is 1.80. The van der Waals surface area contributed by atoms with Crippen molar-refractivity contribution in [2.24, 2.45) is 5.41 Å². The summed E-state index contributed by atoms with van der Waals surface area (Å²) in [7, 11) is 1.41. The van der Waals surface area contributed by atoms with Crippen LogP contribution in [0, 0.1) is 5.41 Å². The summed E-state index contributed by atoms with van der Waals surface area (Å²) in [5.74, 6) is -0.203. The van der Waals surface area contributed by atoms with Crippen LogP contribution in [0.3, 0.4) is 0 Å². The summed E-state index contributed by atoms with van der Waals surface area (Å²) in [5.41, 5.74) is -0.544. The topological polar surface area (TPSA) is 38.8 Å². The molecule has 12 heavy (non-hydrogen) atoms. The Kier molecular flexibility index (Phi) is 1.51. The van der Waals surface area contributed by atoms with Crippen LogP contribution in [-0.2, 0) is 14.3 Å². The van der Waals surface area contributed by atoms with Gasteiger partial charge >= 0.3 is 5.97 Å². The van der Waals surface area contributed by atoms with Crippen LogP contribution in [0.1, 0.15) is 13.3 Å². The Morgan fingerprint density at radius 1 is 1.75 bits per heavy atom. The van der Waals surface area contributed by atoms with Crippen molar-refractivity contribution in [2.45, 2.75) is 25.6 Å². The molecule has 0 radical (unpaired) electrons. The van der Waals surface area contributed by atoms with Gasteiger partial charge in [-0.3, -0.25) is 4.79 Å². The first-order valence-corrected chi connectivity index (χ1v) is 4.10. The summed E-state index contributed by atoms with van der Waals surface area (Å²) in [6, 6.07) is 0. The van der Waals surface area contributed by atoms with Crippen LogP contribution in [0.2, 0.25) is 0 Å². The Balaban J connectivity index is 2.23. The van der Waals surface area contributed by atoms with Crippen LogP contribution in [0.15, 0.2) is 12.2 Å². The van der Waals surface area contributed by atoms with Gasteiger partial charge in [-0.25, -0.2) is 0 Å². The van der Waals surface area contributed by atoms with Crippen LogP contribution in [-0.4, -0.2) is 25.3 Å². The van der Waals surface area contributed by atoms with Gasteiger partial charge in [-0.05, 0) is 13.3 Å². The molecular weight excluding hydrogens is 156 g/mol. The van der Waals surface area contributed by atoms with Gasteiger partial charge in [0.15, 0.2) is 0 Å². The lowest BCUT2D eigenvalue weighted by Crippen LogP contribution is -2.35. The van der Waals surface area contributed by atoms with Gasteiger partial charge in [0.1, 0.15) is 11.5 Å². The maximum atomic E-state index is 11.4. The Labute approximate surface area is 71.3 Å². The molecule has 3 atom stereocenters. The molecule has 0 amide bonds. The van der Waals surface area contributed by atoms with Gasteiger partial charge < -0.3 is 9.47 Å². The molecule has 3 nitrogen and oxygen atoms in total. The molecule has 2 rings (SSSR count). The van der Waals surface area contributed by atoms with Gasteiger partial charge in [0.2, 0.25) is 0 Å². The lowest BCUT2D eigenvalue weighted by molar-refractivity contribution is -0.149. The maximum Gasteiger partial charge on any atom is 0.318 e. The molecule has 0 aromatic heterocycles. The normalized spacial score (nSPS) is 43.5. The van der Waals surface area contributed by atoms with Gasteiger partial charge in [0.05, 0.1) is 13.2 Å². The minimum Gasteiger partial charge on any atom is -0.468 e. The number of carbonyl (C=O) groups excluding carboxylic acids is 1. The third kappa shape index (κ3) is 0.894. The molecule has 0 saturated carbocycles. The van der Waals surface area contributed by atoms with Crippen LogP contribution >= 0.6 is 0 Å². The van der Waals surface area contributed by atoms with Gasteiger partial charge in [0.25, 0.3) is 0 Å². The van der Waals surface area contributed by atoms with E-state index in [0.717, 1.165) is 6.42 Å². The molecule has 0 aromatic carbocycles. The highest BCUT2D eigenvalue weighted by atomic mass is 16.6. The molecule has 0 N–H and O–H groups in total. The highest BCUT2D eigenvalue weighted by molar-refractivity contribution is 5.80. The van der Waals surface area contributed by atoms with E-state index in [4.69, 9.17) is 9.47 Å². The predicted octanol–water partition coefficient (Wildman–Crippen LogP) is 0.893. The van der Waals surface area contributed by atoms with Gasteiger partial charge in [-0.2, -0.15) is 0 Å². The van der Waals surface area contributed by atoms with Gasteiger partial charge in [-0.15, -0.1) is 0 Å². The molecule has 1 fully saturated rings. The Hall–Kier alpha value is -0.830. The highest BCUT2D eigenvalue weighted by Gasteiger charge is 2.56. The quantitative estimate of drug-likeness (QED) is 0.331. The number of epoxide rings is 1. The highest BCUT2D eigenvalue weighted by Crippen LogP contribution is 2.45. The van der Waals surface area contributed by atoms with E-state index in [1.165, 1.54) is 7.11 Å². The lowest BCUT2D eigenvalue weighted by atomic mass is 9.81. The maximum absolute atomic E-state index is 11.4. The van der Waals surface area contributed by atoms with Crippen molar-refractivity contribution in [3.8, 4) is 0 Å². The first-order valence-electron chi connectivity index (χ1n) is 4.10. The first kappa shape index (κ1) is 7.80. The third-order valence-electron chi connectivity index (χ3n) is 2.63. The average molecular weight is 168 g/mol. The van der Waals surface area contributed by atoms with E-state index < -0.39 is 5.41 Å². The minimum atomic E-state index is -0.544. The Bertz CT molecular complexity index is 246. The van der Waals surface area contributed by atoms with Crippen molar-refractivity contribution < 1.29 is 14.3 Å². The molecule has 0 aromatic rings. The number of ether oxygens (including phenoxy) is 2. The predicted molar refractivity (Wildman–Crippen MR) is 42.5 cm³/mol. The zero-order valence-electron chi connectivity index (χ0n) is 7.24. The summed E-state index contributed by atoms with van der Waals surface area (Å²) in [6.45, 7) is 1.86. The van der Waals surface area contributed by atoms with Crippen molar-refractivity contribution in [1.82, 2.24) is 0 Å². The van der Waals surface area contributed by atoms with E-state index in [-0.39, 0.29) is 18.2 Å². The van der Waals surface area contributed by atoms with Crippen molar-refractivity contribution in [3.05, 3.63) is 12.2 Å². The number of hydrogen-bond acceptors (Lipinski definition) is 3.